The van der Waals surface area contributed by atoms with Crippen LogP contribution in [0, 0.1) is 0 Å². The summed E-state index contributed by atoms with van der Waals surface area (Å²) in [5.74, 6) is 0.332. The van der Waals surface area contributed by atoms with Crippen LogP contribution in [0.15, 0.2) is 48.5 Å². The Labute approximate surface area is 159 Å². The summed E-state index contributed by atoms with van der Waals surface area (Å²) in [6.45, 7) is 1.71. The molecule has 1 aliphatic rings. The van der Waals surface area contributed by atoms with Gasteiger partial charge in [-0.1, -0.05) is 12.1 Å². The van der Waals surface area contributed by atoms with Gasteiger partial charge in [-0.15, -0.1) is 0 Å². The maximum absolute atomic E-state index is 12.3. The Bertz CT molecular complexity index is 787. The molecule has 0 radical (unpaired) electrons. The number of nitrogens with one attached hydrogen (secondary N) is 1. The molecule has 3 rings (SSSR count). The van der Waals surface area contributed by atoms with E-state index in [-0.39, 0.29) is 5.91 Å². The number of anilines is 1. The van der Waals surface area contributed by atoms with Gasteiger partial charge in [0.05, 0.1) is 7.11 Å². The maximum atomic E-state index is 12.3. The molecule has 2 aromatic rings. The first kappa shape index (κ1) is 18.9. The van der Waals surface area contributed by atoms with Crippen LogP contribution < -0.4 is 15.8 Å². The van der Waals surface area contributed by atoms with Crippen molar-refractivity contribution in [3.63, 3.8) is 0 Å². The van der Waals surface area contributed by atoms with E-state index in [0.29, 0.717) is 30.3 Å². The Morgan fingerprint density at radius 2 is 1.85 bits per heavy atom. The highest BCUT2D eigenvalue weighted by Gasteiger charge is 2.26. The lowest BCUT2D eigenvalue weighted by Crippen LogP contribution is -2.27. The van der Waals surface area contributed by atoms with E-state index in [1.54, 1.807) is 31.4 Å². The van der Waals surface area contributed by atoms with Crippen LogP contribution in [0.1, 0.15) is 41.2 Å². The van der Waals surface area contributed by atoms with Crippen molar-refractivity contribution in [3.05, 3.63) is 59.7 Å². The van der Waals surface area contributed by atoms with Crippen LogP contribution in [0.5, 0.6) is 5.75 Å². The molecule has 1 atom stereocenters. The van der Waals surface area contributed by atoms with E-state index < -0.39 is 5.91 Å². The Balaban J connectivity index is 1.53. The van der Waals surface area contributed by atoms with Crippen molar-refractivity contribution >= 4 is 17.5 Å². The largest absolute Gasteiger partial charge is 0.497 e. The molecule has 1 aliphatic heterocycles. The SMILES string of the molecule is COc1ccc(C2CCCN2CCC(=O)Nc2ccc(C(N)=O)cc2)cc1. The van der Waals surface area contributed by atoms with Crippen LogP contribution in [-0.2, 0) is 4.79 Å². The van der Waals surface area contributed by atoms with E-state index in [1.165, 1.54) is 5.56 Å². The fourth-order valence-electron chi connectivity index (χ4n) is 3.48. The smallest absolute Gasteiger partial charge is 0.248 e. The van der Waals surface area contributed by atoms with Gasteiger partial charge in [-0.05, 0) is 61.3 Å². The molecule has 1 saturated heterocycles. The summed E-state index contributed by atoms with van der Waals surface area (Å²) in [5.41, 5.74) is 7.57. The minimum atomic E-state index is -0.480. The molecule has 3 N–H and O–H groups in total. The standard InChI is InChI=1S/C21H25N3O3/c1-27-18-10-6-15(7-11-18)19-3-2-13-24(19)14-12-20(25)23-17-8-4-16(5-9-17)21(22)26/h4-11,19H,2-3,12-14H2,1H3,(H2,22,26)(H,23,25). The molecule has 0 spiro atoms. The van der Waals surface area contributed by atoms with Crippen molar-refractivity contribution in [2.24, 2.45) is 5.73 Å². The van der Waals surface area contributed by atoms with Gasteiger partial charge in [0, 0.05) is 30.3 Å². The van der Waals surface area contributed by atoms with Gasteiger partial charge in [0.2, 0.25) is 11.8 Å². The third-order valence-electron chi connectivity index (χ3n) is 4.94. The summed E-state index contributed by atoms with van der Waals surface area (Å²) >= 11 is 0. The van der Waals surface area contributed by atoms with Crippen LogP contribution in [0.25, 0.3) is 0 Å². The zero-order valence-corrected chi connectivity index (χ0v) is 15.5. The van der Waals surface area contributed by atoms with Crippen molar-refractivity contribution in [2.45, 2.75) is 25.3 Å². The maximum Gasteiger partial charge on any atom is 0.248 e. The van der Waals surface area contributed by atoms with Gasteiger partial charge < -0.3 is 15.8 Å². The number of hydrogen-bond donors (Lipinski definition) is 2. The minimum Gasteiger partial charge on any atom is -0.497 e. The first-order valence-electron chi connectivity index (χ1n) is 9.14. The number of carbonyl (C=O) groups excluding carboxylic acids is 2. The normalized spacial score (nSPS) is 16.9. The summed E-state index contributed by atoms with van der Waals surface area (Å²) in [5, 5.41) is 2.87. The number of methoxy groups -OCH3 is 1. The molecule has 0 bridgehead atoms. The van der Waals surface area contributed by atoms with Gasteiger partial charge in [0.15, 0.2) is 0 Å². The number of nitrogens with two attached hydrogens (primary N) is 1. The Kier molecular flexibility index (Phi) is 6.08. The lowest BCUT2D eigenvalue weighted by Gasteiger charge is -2.24. The highest BCUT2D eigenvalue weighted by molar-refractivity contribution is 5.94. The number of benzene rings is 2. The molecule has 2 aromatic carbocycles. The quantitative estimate of drug-likeness (QED) is 0.788. The van der Waals surface area contributed by atoms with Gasteiger partial charge in [-0.2, -0.15) is 0 Å². The molecule has 6 heteroatoms. The van der Waals surface area contributed by atoms with Crippen LogP contribution in [0.3, 0.4) is 0 Å². The summed E-state index contributed by atoms with van der Waals surface area (Å²) in [6, 6.07) is 15.1. The number of rotatable bonds is 7. The number of nitrogens with zero attached hydrogens (tertiary/aromatic N) is 1. The molecule has 0 aromatic heterocycles. The zero-order chi connectivity index (χ0) is 19.2. The second kappa shape index (κ2) is 8.68. The minimum absolute atomic E-state index is 0.0396. The molecule has 6 nitrogen and oxygen atoms in total. The van der Waals surface area contributed by atoms with E-state index >= 15 is 0 Å². The fraction of sp³-hybridized carbons (Fsp3) is 0.333. The zero-order valence-electron chi connectivity index (χ0n) is 15.5. The Hall–Kier alpha value is -2.86. The van der Waals surface area contributed by atoms with Gasteiger partial charge in [0.25, 0.3) is 0 Å². The van der Waals surface area contributed by atoms with Crippen molar-refractivity contribution in [3.8, 4) is 5.75 Å². The predicted octanol–water partition coefficient (Wildman–Crippen LogP) is 2.96. The number of carbonyl (C=O) groups is 2. The second-order valence-electron chi connectivity index (χ2n) is 6.71. The van der Waals surface area contributed by atoms with E-state index in [2.05, 4.69) is 22.3 Å². The van der Waals surface area contributed by atoms with Gasteiger partial charge in [-0.3, -0.25) is 14.5 Å². The van der Waals surface area contributed by atoms with Crippen LogP contribution in [-0.4, -0.2) is 36.9 Å². The molecule has 1 fully saturated rings. The molecule has 1 heterocycles. The van der Waals surface area contributed by atoms with E-state index in [9.17, 15) is 9.59 Å². The van der Waals surface area contributed by atoms with E-state index in [1.807, 2.05) is 12.1 Å². The topological polar surface area (TPSA) is 84.7 Å². The van der Waals surface area contributed by atoms with Crippen molar-refractivity contribution < 1.29 is 14.3 Å². The molecular formula is C21H25N3O3. The lowest BCUT2D eigenvalue weighted by molar-refractivity contribution is -0.116. The number of ether oxygens (including phenoxy) is 1. The van der Waals surface area contributed by atoms with Crippen molar-refractivity contribution in [2.75, 3.05) is 25.5 Å². The molecule has 142 valence electrons. The van der Waals surface area contributed by atoms with Crippen LogP contribution in [0.2, 0.25) is 0 Å². The molecule has 0 saturated carbocycles. The highest BCUT2D eigenvalue weighted by atomic mass is 16.5. The average Bonchev–Trinajstić information content (AvgIpc) is 3.15. The summed E-state index contributed by atoms with van der Waals surface area (Å²) in [4.78, 5) is 25.7. The number of amides is 2. The van der Waals surface area contributed by atoms with E-state index in [4.69, 9.17) is 10.5 Å². The highest BCUT2D eigenvalue weighted by Crippen LogP contribution is 2.32. The van der Waals surface area contributed by atoms with Crippen molar-refractivity contribution in [1.29, 1.82) is 0 Å². The second-order valence-corrected chi connectivity index (χ2v) is 6.71. The fourth-order valence-corrected chi connectivity index (χ4v) is 3.48. The molecule has 0 aliphatic carbocycles. The summed E-state index contributed by atoms with van der Waals surface area (Å²) in [7, 11) is 1.66. The first-order valence-corrected chi connectivity index (χ1v) is 9.14. The van der Waals surface area contributed by atoms with Crippen molar-refractivity contribution in [1.82, 2.24) is 4.90 Å². The lowest BCUT2D eigenvalue weighted by atomic mass is 10.0. The van der Waals surface area contributed by atoms with Crippen LogP contribution in [0.4, 0.5) is 5.69 Å². The van der Waals surface area contributed by atoms with Gasteiger partial charge >= 0.3 is 0 Å². The third kappa shape index (κ3) is 4.86. The average molecular weight is 367 g/mol. The predicted molar refractivity (Wildman–Crippen MR) is 105 cm³/mol. The molecular weight excluding hydrogens is 342 g/mol. The number of likely N-dealkylation sites (tertiary alicyclic amines) is 1. The molecule has 2 amide bonds. The summed E-state index contributed by atoms with van der Waals surface area (Å²) < 4.78 is 5.22. The Morgan fingerprint density at radius 1 is 1.15 bits per heavy atom. The van der Waals surface area contributed by atoms with Gasteiger partial charge in [0.1, 0.15) is 5.75 Å². The van der Waals surface area contributed by atoms with Crippen LogP contribution >= 0.6 is 0 Å². The molecule has 27 heavy (non-hydrogen) atoms. The first-order chi connectivity index (χ1) is 13.1. The number of hydrogen-bond acceptors (Lipinski definition) is 4. The van der Waals surface area contributed by atoms with Gasteiger partial charge in [-0.25, -0.2) is 0 Å². The Morgan fingerprint density at radius 3 is 2.48 bits per heavy atom. The summed E-state index contributed by atoms with van der Waals surface area (Å²) in [6.07, 6.45) is 2.65. The molecule has 1 unspecified atom stereocenters. The third-order valence-corrected chi connectivity index (χ3v) is 4.94. The van der Waals surface area contributed by atoms with E-state index in [0.717, 1.165) is 25.1 Å². The number of primary amides is 1. The monoisotopic (exact) mass is 367 g/mol.